The Bertz CT molecular complexity index is 1930. The molecule has 4 aliphatic rings. The number of fused-ring (bicyclic) bond motifs is 4. The molecule has 48 heavy (non-hydrogen) atoms. The van der Waals surface area contributed by atoms with E-state index >= 15 is 4.39 Å². The van der Waals surface area contributed by atoms with Gasteiger partial charge in [0.15, 0.2) is 5.82 Å². The molecule has 0 amide bonds. The van der Waals surface area contributed by atoms with Crippen LogP contribution in [0.2, 0.25) is 0 Å². The van der Waals surface area contributed by atoms with Crippen LogP contribution in [-0.2, 0) is 4.74 Å². The number of rotatable bonds is 9. The van der Waals surface area contributed by atoms with E-state index in [-0.39, 0.29) is 69.5 Å². The van der Waals surface area contributed by atoms with E-state index in [9.17, 15) is 9.50 Å². The number of pyridine rings is 1. The highest BCUT2D eigenvalue weighted by Gasteiger charge is 2.45. The first-order valence-electron chi connectivity index (χ1n) is 16.7. The molecule has 2 bridgehead atoms. The summed E-state index contributed by atoms with van der Waals surface area (Å²) in [5.41, 5.74) is -0.138. The lowest BCUT2D eigenvalue weighted by atomic mass is 9.95. The summed E-state index contributed by atoms with van der Waals surface area (Å²) >= 11 is 0. The van der Waals surface area contributed by atoms with Crippen LogP contribution in [0.25, 0.3) is 32.9 Å². The van der Waals surface area contributed by atoms with E-state index in [0.29, 0.717) is 36.3 Å². The Labute approximate surface area is 277 Å². The largest absolute Gasteiger partial charge is 0.508 e. The monoisotopic (exact) mass is 656 g/mol. The maximum atomic E-state index is 17.1. The van der Waals surface area contributed by atoms with Gasteiger partial charge in [-0.15, -0.1) is 6.42 Å². The number of terminal acetylenes is 1. The molecule has 12 heteroatoms. The van der Waals surface area contributed by atoms with Gasteiger partial charge < -0.3 is 29.5 Å². The molecule has 250 valence electrons. The number of phenols is 1. The number of nitrogens with one attached hydrogen (secondary N) is 1. The normalized spacial score (nSPS) is 21.8. The lowest BCUT2D eigenvalue weighted by molar-refractivity contribution is 0.0231. The number of anilines is 1. The number of aromatic hydroxyl groups is 1. The van der Waals surface area contributed by atoms with Gasteiger partial charge in [-0.2, -0.15) is 9.97 Å². The molecule has 1 aliphatic carbocycles. The Balaban J connectivity index is 1.28. The average Bonchev–Trinajstić information content (AvgIpc) is 3.78. The molecule has 2 N–H and O–H groups in total. The van der Waals surface area contributed by atoms with E-state index in [4.69, 9.17) is 25.6 Å². The second kappa shape index (κ2) is 12.3. The van der Waals surface area contributed by atoms with E-state index < -0.39 is 11.6 Å². The molecule has 0 spiro atoms. The second-order valence-corrected chi connectivity index (χ2v) is 13.4. The second-order valence-electron chi connectivity index (χ2n) is 13.4. The number of halogens is 2. The number of aromatic nitrogens is 3. The van der Waals surface area contributed by atoms with Crippen molar-refractivity contribution in [2.24, 2.45) is 5.41 Å². The summed E-state index contributed by atoms with van der Waals surface area (Å²) in [6.07, 6.45) is 9.89. The molecule has 10 nitrogen and oxygen atoms in total. The van der Waals surface area contributed by atoms with Gasteiger partial charge in [-0.05, 0) is 56.2 Å². The van der Waals surface area contributed by atoms with Gasteiger partial charge in [0.2, 0.25) is 5.88 Å². The van der Waals surface area contributed by atoms with Crippen molar-refractivity contribution in [2.45, 2.75) is 44.7 Å². The summed E-state index contributed by atoms with van der Waals surface area (Å²) in [6, 6.07) is 6.15. The molecule has 2 atom stereocenters. The van der Waals surface area contributed by atoms with E-state index in [0.717, 1.165) is 58.5 Å². The summed E-state index contributed by atoms with van der Waals surface area (Å²) < 4.78 is 50.1. The molecular weight excluding hydrogens is 618 g/mol. The van der Waals surface area contributed by atoms with Crippen LogP contribution in [0.4, 0.5) is 14.6 Å². The highest BCUT2D eigenvalue weighted by Crippen LogP contribution is 2.47. The van der Waals surface area contributed by atoms with Crippen molar-refractivity contribution in [3.8, 4) is 41.2 Å². The van der Waals surface area contributed by atoms with E-state index in [1.807, 2.05) is 6.92 Å². The predicted octanol–water partition coefficient (Wildman–Crippen LogP) is 4.64. The van der Waals surface area contributed by atoms with Crippen molar-refractivity contribution < 1.29 is 28.1 Å². The van der Waals surface area contributed by atoms with E-state index in [1.165, 1.54) is 24.3 Å². The van der Waals surface area contributed by atoms with Gasteiger partial charge >= 0.3 is 6.01 Å². The number of piperazine rings is 1. The predicted molar refractivity (Wildman–Crippen MR) is 178 cm³/mol. The Morgan fingerprint density at radius 3 is 2.54 bits per heavy atom. The van der Waals surface area contributed by atoms with Crippen LogP contribution in [0.5, 0.6) is 17.6 Å². The summed E-state index contributed by atoms with van der Waals surface area (Å²) in [7, 11) is 0. The molecule has 2 unspecified atom stereocenters. The number of morpholine rings is 1. The molecule has 4 fully saturated rings. The van der Waals surface area contributed by atoms with Gasteiger partial charge in [0, 0.05) is 61.2 Å². The molecule has 0 radical (unpaired) electrons. The quantitative estimate of drug-likeness (QED) is 0.248. The molecule has 5 heterocycles. The van der Waals surface area contributed by atoms with Crippen LogP contribution in [0.3, 0.4) is 0 Å². The third-order valence-corrected chi connectivity index (χ3v) is 10.1. The smallest absolute Gasteiger partial charge is 0.319 e. The minimum absolute atomic E-state index is 0.0153. The lowest BCUT2D eigenvalue weighted by Crippen LogP contribution is -2.51. The molecule has 3 saturated heterocycles. The van der Waals surface area contributed by atoms with Crippen molar-refractivity contribution in [2.75, 3.05) is 64.1 Å². The first kappa shape index (κ1) is 31.0. The fourth-order valence-electron chi connectivity index (χ4n) is 7.52. The number of benzene rings is 2. The zero-order valence-corrected chi connectivity index (χ0v) is 26.9. The van der Waals surface area contributed by atoms with Crippen molar-refractivity contribution in [3.63, 3.8) is 0 Å². The van der Waals surface area contributed by atoms with Crippen molar-refractivity contribution in [1.29, 1.82) is 0 Å². The number of nitrogens with zero attached hydrogens (tertiary/aromatic N) is 5. The fourth-order valence-corrected chi connectivity index (χ4v) is 7.52. The third-order valence-electron chi connectivity index (χ3n) is 10.1. The minimum atomic E-state index is -0.770. The SMILES string of the molecule is C#Cc1c(F)ccc2cc(O)cc(-c3nc(OCC)c4c(N5CC6CCC(C5)N6)nc(OCC5(CN6CCOCC6)CC5)nc4c3F)c12. The maximum Gasteiger partial charge on any atom is 0.319 e. The zero-order chi connectivity index (χ0) is 33.0. The minimum Gasteiger partial charge on any atom is -0.508 e. The molecule has 2 aromatic carbocycles. The van der Waals surface area contributed by atoms with Crippen LogP contribution in [0.1, 0.15) is 38.2 Å². The van der Waals surface area contributed by atoms with Crippen LogP contribution in [0, 0.1) is 29.4 Å². The molecule has 4 aromatic rings. The summed E-state index contributed by atoms with van der Waals surface area (Å²) in [5.74, 6) is 1.48. The Morgan fingerprint density at radius 1 is 1.06 bits per heavy atom. The topological polar surface area (TPSA) is 105 Å². The van der Waals surface area contributed by atoms with Gasteiger partial charge in [-0.25, -0.2) is 13.8 Å². The third kappa shape index (κ3) is 5.63. The van der Waals surface area contributed by atoms with Gasteiger partial charge in [-0.3, -0.25) is 4.90 Å². The van der Waals surface area contributed by atoms with Gasteiger partial charge in [0.05, 0.1) is 32.0 Å². The highest BCUT2D eigenvalue weighted by molar-refractivity contribution is 6.04. The number of hydrogen-bond acceptors (Lipinski definition) is 10. The standard InChI is InChI=1S/C36H38F2N6O4/c1-3-25-27(37)8-5-21-15-24(45)16-26(28(21)25)31-30(38)32-29(34(40-31)47-4-2)33(44-17-22-6-7-23(18-44)39-22)42-35(41-32)48-20-36(9-10-36)19-43-11-13-46-14-12-43/h1,5,8,15-16,22-23,39,45H,4,6-7,9-14,17-20H2,2H3. The van der Waals surface area contributed by atoms with Crippen LogP contribution in [-0.4, -0.2) is 96.2 Å². The van der Waals surface area contributed by atoms with Gasteiger partial charge in [-0.1, -0.05) is 12.0 Å². The van der Waals surface area contributed by atoms with E-state index in [2.05, 4.69) is 31.0 Å². The van der Waals surface area contributed by atoms with Gasteiger partial charge in [0.25, 0.3) is 0 Å². The lowest BCUT2D eigenvalue weighted by Gasteiger charge is -2.34. The number of hydrogen-bond donors (Lipinski definition) is 2. The van der Waals surface area contributed by atoms with Crippen LogP contribution < -0.4 is 19.7 Å². The first-order chi connectivity index (χ1) is 23.3. The number of ether oxygens (including phenoxy) is 3. The number of phenolic OH excluding ortho intramolecular Hbond substituents is 1. The molecule has 2 aromatic heterocycles. The molecule has 1 saturated carbocycles. The Kier molecular flexibility index (Phi) is 7.94. The van der Waals surface area contributed by atoms with Crippen molar-refractivity contribution >= 4 is 27.5 Å². The Hall–Kier alpha value is -4.31. The zero-order valence-electron chi connectivity index (χ0n) is 26.9. The highest BCUT2D eigenvalue weighted by atomic mass is 19.1. The summed E-state index contributed by atoms with van der Waals surface area (Å²) in [5, 5.41) is 15.4. The Morgan fingerprint density at radius 2 is 1.83 bits per heavy atom. The first-order valence-corrected chi connectivity index (χ1v) is 16.7. The average molecular weight is 657 g/mol. The van der Waals surface area contributed by atoms with Crippen LogP contribution >= 0.6 is 0 Å². The van der Waals surface area contributed by atoms with Crippen molar-refractivity contribution in [3.05, 3.63) is 41.5 Å². The molecular formula is C36H38F2N6O4. The fraction of sp³-hybridized carbons (Fsp3) is 0.472. The van der Waals surface area contributed by atoms with Crippen LogP contribution in [0.15, 0.2) is 24.3 Å². The summed E-state index contributed by atoms with van der Waals surface area (Å²) in [6.45, 7) is 7.95. The van der Waals surface area contributed by atoms with Crippen molar-refractivity contribution in [1.82, 2.24) is 25.2 Å². The van der Waals surface area contributed by atoms with E-state index in [1.54, 1.807) is 0 Å². The maximum absolute atomic E-state index is 17.1. The molecule has 3 aliphatic heterocycles. The van der Waals surface area contributed by atoms with Gasteiger partial charge in [0.1, 0.15) is 34.0 Å². The summed E-state index contributed by atoms with van der Waals surface area (Å²) in [4.78, 5) is 18.8. The molecule has 8 rings (SSSR count).